The van der Waals surface area contributed by atoms with Crippen molar-refractivity contribution >= 4 is 0 Å². The van der Waals surface area contributed by atoms with Crippen LogP contribution in [0.15, 0.2) is 36.8 Å². The molecule has 94 valence electrons. The summed E-state index contributed by atoms with van der Waals surface area (Å²) in [6, 6.07) is 5.18. The molecule has 0 aliphatic carbocycles. The van der Waals surface area contributed by atoms with Crippen molar-refractivity contribution in [3.05, 3.63) is 59.2 Å². The highest BCUT2D eigenvalue weighted by Gasteiger charge is 2.34. The summed E-state index contributed by atoms with van der Waals surface area (Å²) in [7, 11) is 0. The van der Waals surface area contributed by atoms with Crippen molar-refractivity contribution in [3.63, 3.8) is 0 Å². The number of pyridine rings is 2. The average Bonchev–Trinajstić information content (AvgIpc) is 2.28. The first kappa shape index (κ1) is 12.5. The molecule has 0 saturated carbocycles. The fourth-order valence-corrected chi connectivity index (χ4v) is 1.76. The molecule has 0 unspecified atom stereocenters. The van der Waals surface area contributed by atoms with Crippen LogP contribution in [0.2, 0.25) is 0 Å². The van der Waals surface area contributed by atoms with Gasteiger partial charge in [-0.15, -0.1) is 0 Å². The van der Waals surface area contributed by atoms with E-state index in [1.54, 1.807) is 12.4 Å². The lowest BCUT2D eigenvalue weighted by molar-refractivity contribution is -0.141. The lowest BCUT2D eigenvalue weighted by Crippen LogP contribution is -2.10. The molecule has 0 radical (unpaired) electrons. The summed E-state index contributed by atoms with van der Waals surface area (Å²) in [6.45, 7) is 1.42. The minimum absolute atomic E-state index is 0.147. The van der Waals surface area contributed by atoms with Crippen molar-refractivity contribution in [3.8, 4) is 0 Å². The molecule has 0 amide bonds. The maximum Gasteiger partial charge on any atom is 0.433 e. The quantitative estimate of drug-likeness (QED) is 0.818. The molecule has 0 aliphatic rings. The van der Waals surface area contributed by atoms with Crippen LogP contribution in [0.3, 0.4) is 0 Å². The van der Waals surface area contributed by atoms with E-state index in [1.807, 2.05) is 12.1 Å². The predicted octanol–water partition coefficient (Wildman–Crippen LogP) is 3.39. The van der Waals surface area contributed by atoms with Crippen LogP contribution < -0.4 is 0 Å². The van der Waals surface area contributed by atoms with Crippen LogP contribution in [0, 0.1) is 6.92 Å². The third kappa shape index (κ3) is 2.85. The van der Waals surface area contributed by atoms with E-state index >= 15 is 0 Å². The molecule has 5 heteroatoms. The Bertz CT molecular complexity index is 536. The van der Waals surface area contributed by atoms with Crippen molar-refractivity contribution in [2.75, 3.05) is 0 Å². The Kier molecular flexibility index (Phi) is 3.32. The number of hydrogen-bond donors (Lipinski definition) is 0. The molecule has 0 fully saturated rings. The van der Waals surface area contributed by atoms with Gasteiger partial charge in [-0.05, 0) is 42.2 Å². The summed E-state index contributed by atoms with van der Waals surface area (Å²) < 4.78 is 37.6. The third-order valence-electron chi connectivity index (χ3n) is 2.56. The molecule has 0 spiro atoms. The van der Waals surface area contributed by atoms with Gasteiger partial charge in [-0.2, -0.15) is 13.2 Å². The largest absolute Gasteiger partial charge is 0.433 e. The fraction of sp³-hybridized carbons (Fsp3) is 0.231. The summed E-state index contributed by atoms with van der Waals surface area (Å²) in [4.78, 5) is 7.39. The summed E-state index contributed by atoms with van der Waals surface area (Å²) >= 11 is 0. The maximum absolute atomic E-state index is 12.5. The van der Waals surface area contributed by atoms with Gasteiger partial charge in [0, 0.05) is 18.6 Å². The van der Waals surface area contributed by atoms with Gasteiger partial charge in [0.25, 0.3) is 0 Å². The van der Waals surface area contributed by atoms with Crippen LogP contribution in [0.25, 0.3) is 0 Å². The minimum atomic E-state index is -4.39. The number of halogens is 3. The number of aromatic nitrogens is 2. The Labute approximate surface area is 103 Å². The lowest BCUT2D eigenvalue weighted by Gasteiger charge is -2.10. The van der Waals surface area contributed by atoms with Gasteiger partial charge in [-0.3, -0.25) is 9.97 Å². The van der Waals surface area contributed by atoms with Gasteiger partial charge in [0.05, 0.1) is 0 Å². The van der Waals surface area contributed by atoms with Crippen molar-refractivity contribution in [2.24, 2.45) is 0 Å². The molecule has 18 heavy (non-hydrogen) atoms. The van der Waals surface area contributed by atoms with E-state index in [9.17, 15) is 13.2 Å². The Morgan fingerprint density at radius 3 is 2.33 bits per heavy atom. The second-order valence-corrected chi connectivity index (χ2v) is 4.04. The molecule has 2 aromatic heterocycles. The SMILES string of the molecule is Cc1cc(Cc2ccncc2)cnc1C(F)(F)F. The molecular weight excluding hydrogens is 241 g/mol. The first-order valence-corrected chi connectivity index (χ1v) is 5.38. The van der Waals surface area contributed by atoms with E-state index in [0.29, 0.717) is 6.42 Å². The molecule has 2 heterocycles. The van der Waals surface area contributed by atoms with Gasteiger partial charge in [0.2, 0.25) is 0 Å². The number of alkyl halides is 3. The molecule has 0 bridgehead atoms. The van der Waals surface area contributed by atoms with Crippen molar-refractivity contribution in [2.45, 2.75) is 19.5 Å². The van der Waals surface area contributed by atoms with Gasteiger partial charge in [-0.1, -0.05) is 6.07 Å². The Balaban J connectivity index is 2.25. The van der Waals surface area contributed by atoms with Crippen LogP contribution in [0.1, 0.15) is 22.4 Å². The highest BCUT2D eigenvalue weighted by molar-refractivity contribution is 5.29. The topological polar surface area (TPSA) is 25.8 Å². The summed E-state index contributed by atoms with van der Waals surface area (Å²) in [5, 5.41) is 0. The molecule has 0 aromatic carbocycles. The molecular formula is C13H11F3N2. The summed E-state index contributed by atoms with van der Waals surface area (Å²) in [6.07, 6.45) is 0.740. The zero-order valence-electron chi connectivity index (χ0n) is 9.70. The second kappa shape index (κ2) is 4.76. The highest BCUT2D eigenvalue weighted by atomic mass is 19.4. The van der Waals surface area contributed by atoms with Crippen LogP contribution in [-0.2, 0) is 12.6 Å². The first-order valence-electron chi connectivity index (χ1n) is 5.38. The van der Waals surface area contributed by atoms with E-state index < -0.39 is 11.9 Å². The smallest absolute Gasteiger partial charge is 0.265 e. The molecule has 0 saturated heterocycles. The van der Waals surface area contributed by atoms with Crippen LogP contribution in [-0.4, -0.2) is 9.97 Å². The van der Waals surface area contributed by atoms with E-state index in [0.717, 1.165) is 11.1 Å². The Morgan fingerprint density at radius 1 is 1.11 bits per heavy atom. The van der Waals surface area contributed by atoms with E-state index in [-0.39, 0.29) is 5.56 Å². The lowest BCUT2D eigenvalue weighted by atomic mass is 10.1. The summed E-state index contributed by atoms with van der Waals surface area (Å²) in [5.74, 6) is 0. The highest BCUT2D eigenvalue weighted by Crippen LogP contribution is 2.30. The minimum Gasteiger partial charge on any atom is -0.265 e. The Hall–Kier alpha value is -1.91. The number of rotatable bonds is 2. The molecule has 2 aromatic rings. The third-order valence-corrected chi connectivity index (χ3v) is 2.56. The van der Waals surface area contributed by atoms with Gasteiger partial charge in [0.1, 0.15) is 5.69 Å². The zero-order valence-corrected chi connectivity index (χ0v) is 9.70. The van der Waals surface area contributed by atoms with Crippen LogP contribution >= 0.6 is 0 Å². The predicted molar refractivity (Wildman–Crippen MR) is 61.0 cm³/mol. The van der Waals surface area contributed by atoms with Gasteiger partial charge in [-0.25, -0.2) is 0 Å². The monoisotopic (exact) mass is 252 g/mol. The van der Waals surface area contributed by atoms with Gasteiger partial charge in [0.15, 0.2) is 0 Å². The van der Waals surface area contributed by atoms with Gasteiger partial charge < -0.3 is 0 Å². The maximum atomic E-state index is 12.5. The van der Waals surface area contributed by atoms with E-state index in [1.165, 1.54) is 19.2 Å². The number of nitrogens with zero attached hydrogens (tertiary/aromatic N) is 2. The fourth-order valence-electron chi connectivity index (χ4n) is 1.76. The molecule has 2 rings (SSSR count). The number of aryl methyl sites for hydroxylation is 1. The average molecular weight is 252 g/mol. The van der Waals surface area contributed by atoms with E-state index in [2.05, 4.69) is 9.97 Å². The van der Waals surface area contributed by atoms with Crippen LogP contribution in [0.5, 0.6) is 0 Å². The Morgan fingerprint density at radius 2 is 1.78 bits per heavy atom. The molecule has 0 aliphatic heterocycles. The molecule has 0 N–H and O–H groups in total. The molecule has 0 atom stereocenters. The van der Waals surface area contributed by atoms with E-state index in [4.69, 9.17) is 0 Å². The standard InChI is InChI=1S/C13H11F3N2/c1-9-6-11(7-10-2-4-17-5-3-10)8-18-12(9)13(14,15)16/h2-6,8H,7H2,1H3. The van der Waals surface area contributed by atoms with Crippen LogP contribution in [0.4, 0.5) is 13.2 Å². The van der Waals surface area contributed by atoms with Crippen molar-refractivity contribution in [1.29, 1.82) is 0 Å². The second-order valence-electron chi connectivity index (χ2n) is 4.04. The normalized spacial score (nSPS) is 11.6. The zero-order chi connectivity index (χ0) is 13.2. The van der Waals surface area contributed by atoms with Gasteiger partial charge >= 0.3 is 6.18 Å². The summed E-state index contributed by atoms with van der Waals surface area (Å²) in [5.41, 5.74) is 1.08. The van der Waals surface area contributed by atoms with Crippen molar-refractivity contribution < 1.29 is 13.2 Å². The molecule has 2 nitrogen and oxygen atoms in total. The van der Waals surface area contributed by atoms with Crippen molar-refractivity contribution in [1.82, 2.24) is 9.97 Å². The number of hydrogen-bond acceptors (Lipinski definition) is 2. The first-order chi connectivity index (χ1) is 8.47.